The Morgan fingerprint density at radius 3 is 2.83 bits per heavy atom. The Balaban J connectivity index is 2.12. The molecule has 0 radical (unpaired) electrons. The van der Waals surface area contributed by atoms with Crippen molar-refractivity contribution < 1.29 is 4.39 Å². The number of nitrogens with zero attached hydrogens (tertiary/aromatic N) is 1. The van der Waals surface area contributed by atoms with Gasteiger partial charge in [0, 0.05) is 35.7 Å². The van der Waals surface area contributed by atoms with E-state index in [1.165, 1.54) is 6.07 Å². The number of benzene rings is 1. The maximum Gasteiger partial charge on any atom is 0.124 e. The van der Waals surface area contributed by atoms with Crippen LogP contribution in [-0.4, -0.2) is 29.6 Å². The minimum absolute atomic E-state index is 0.122. The Hall–Kier alpha value is -0.450. The van der Waals surface area contributed by atoms with Crippen molar-refractivity contribution >= 4 is 15.9 Å². The van der Waals surface area contributed by atoms with E-state index in [9.17, 15) is 4.39 Å². The molecule has 0 amide bonds. The van der Waals surface area contributed by atoms with E-state index in [1.54, 1.807) is 6.07 Å². The molecule has 0 saturated carbocycles. The van der Waals surface area contributed by atoms with Gasteiger partial charge < -0.3 is 5.32 Å². The van der Waals surface area contributed by atoms with Crippen molar-refractivity contribution in [1.82, 2.24) is 10.2 Å². The van der Waals surface area contributed by atoms with Crippen LogP contribution in [0.1, 0.15) is 26.3 Å². The van der Waals surface area contributed by atoms with E-state index >= 15 is 0 Å². The van der Waals surface area contributed by atoms with Gasteiger partial charge in [-0.2, -0.15) is 0 Å². The third kappa shape index (κ3) is 3.53. The normalized spacial score (nSPS) is 24.2. The predicted octanol–water partition coefficient (Wildman–Crippen LogP) is 3.16. The second-order valence-corrected chi connectivity index (χ2v) is 6.71. The Morgan fingerprint density at radius 2 is 2.17 bits per heavy atom. The Kier molecular flexibility index (Phi) is 4.09. The van der Waals surface area contributed by atoms with Gasteiger partial charge in [0.25, 0.3) is 0 Å². The molecular weight excluding hydrogens is 295 g/mol. The van der Waals surface area contributed by atoms with Crippen LogP contribution < -0.4 is 5.32 Å². The standard InChI is InChI=1S/C14H20BrFN2/c1-10-7-17-14(2,3)9-18(10)8-11-4-12(15)6-13(16)5-11/h4-6,10,17H,7-9H2,1-3H3. The predicted molar refractivity (Wildman–Crippen MR) is 76.1 cm³/mol. The average Bonchev–Trinajstić information content (AvgIpc) is 2.22. The number of rotatable bonds is 2. The summed E-state index contributed by atoms with van der Waals surface area (Å²) in [6.45, 7) is 9.35. The summed E-state index contributed by atoms with van der Waals surface area (Å²) in [5.41, 5.74) is 1.14. The zero-order chi connectivity index (χ0) is 13.3. The molecule has 1 N–H and O–H groups in total. The van der Waals surface area contributed by atoms with Gasteiger partial charge in [-0.1, -0.05) is 15.9 Å². The molecule has 0 aromatic heterocycles. The lowest BCUT2D eigenvalue weighted by Gasteiger charge is -2.43. The number of piperazine rings is 1. The van der Waals surface area contributed by atoms with Gasteiger partial charge in [0.15, 0.2) is 0 Å². The van der Waals surface area contributed by atoms with E-state index in [0.29, 0.717) is 6.04 Å². The smallest absolute Gasteiger partial charge is 0.124 e. The summed E-state index contributed by atoms with van der Waals surface area (Å²) in [5, 5.41) is 3.52. The third-order valence-electron chi connectivity index (χ3n) is 3.41. The molecule has 1 heterocycles. The van der Waals surface area contributed by atoms with Crippen molar-refractivity contribution in [3.8, 4) is 0 Å². The largest absolute Gasteiger partial charge is 0.309 e. The number of halogens is 2. The van der Waals surface area contributed by atoms with Gasteiger partial charge in [0.2, 0.25) is 0 Å². The average molecular weight is 315 g/mol. The molecule has 100 valence electrons. The first-order chi connectivity index (χ1) is 8.35. The molecule has 1 unspecified atom stereocenters. The van der Waals surface area contributed by atoms with E-state index < -0.39 is 0 Å². The van der Waals surface area contributed by atoms with Gasteiger partial charge in [0.1, 0.15) is 5.82 Å². The summed E-state index contributed by atoms with van der Waals surface area (Å²) in [6, 6.07) is 5.58. The van der Waals surface area contributed by atoms with Crippen molar-refractivity contribution in [2.24, 2.45) is 0 Å². The maximum absolute atomic E-state index is 13.4. The van der Waals surface area contributed by atoms with E-state index in [0.717, 1.165) is 29.7 Å². The van der Waals surface area contributed by atoms with Crippen LogP contribution in [0.15, 0.2) is 22.7 Å². The highest BCUT2D eigenvalue weighted by atomic mass is 79.9. The van der Waals surface area contributed by atoms with Crippen LogP contribution >= 0.6 is 15.9 Å². The summed E-state index contributed by atoms with van der Waals surface area (Å²) < 4.78 is 14.2. The van der Waals surface area contributed by atoms with Gasteiger partial charge >= 0.3 is 0 Å². The highest BCUT2D eigenvalue weighted by Crippen LogP contribution is 2.20. The van der Waals surface area contributed by atoms with Crippen molar-refractivity contribution in [3.05, 3.63) is 34.1 Å². The Morgan fingerprint density at radius 1 is 1.44 bits per heavy atom. The first kappa shape index (κ1) is 14.0. The van der Waals surface area contributed by atoms with Crippen LogP contribution in [0.4, 0.5) is 4.39 Å². The highest BCUT2D eigenvalue weighted by Gasteiger charge is 2.29. The van der Waals surface area contributed by atoms with E-state index in [2.05, 4.69) is 46.9 Å². The highest BCUT2D eigenvalue weighted by molar-refractivity contribution is 9.10. The zero-order valence-electron chi connectivity index (χ0n) is 11.1. The lowest BCUT2D eigenvalue weighted by atomic mass is 9.98. The fourth-order valence-electron chi connectivity index (χ4n) is 2.42. The van der Waals surface area contributed by atoms with Gasteiger partial charge in [-0.3, -0.25) is 4.90 Å². The minimum Gasteiger partial charge on any atom is -0.309 e. The second kappa shape index (κ2) is 5.27. The molecule has 1 aromatic rings. The van der Waals surface area contributed by atoms with Crippen LogP contribution in [0.5, 0.6) is 0 Å². The van der Waals surface area contributed by atoms with Gasteiger partial charge in [0.05, 0.1) is 0 Å². The molecule has 4 heteroatoms. The molecule has 18 heavy (non-hydrogen) atoms. The van der Waals surface area contributed by atoms with Crippen LogP contribution in [0, 0.1) is 5.82 Å². The zero-order valence-corrected chi connectivity index (χ0v) is 12.7. The summed E-state index contributed by atoms with van der Waals surface area (Å²) in [4.78, 5) is 2.40. The van der Waals surface area contributed by atoms with Crippen molar-refractivity contribution in [3.63, 3.8) is 0 Å². The molecule has 1 aliphatic heterocycles. The molecule has 0 spiro atoms. The van der Waals surface area contributed by atoms with E-state index in [4.69, 9.17) is 0 Å². The van der Waals surface area contributed by atoms with Crippen LogP contribution in [0.2, 0.25) is 0 Å². The molecule has 1 aromatic carbocycles. The van der Waals surface area contributed by atoms with Gasteiger partial charge in [-0.15, -0.1) is 0 Å². The fourth-order valence-corrected chi connectivity index (χ4v) is 2.93. The summed E-state index contributed by atoms with van der Waals surface area (Å²) in [6.07, 6.45) is 0. The van der Waals surface area contributed by atoms with Gasteiger partial charge in [-0.25, -0.2) is 4.39 Å². The van der Waals surface area contributed by atoms with Crippen molar-refractivity contribution in [2.45, 2.75) is 38.9 Å². The van der Waals surface area contributed by atoms with Crippen LogP contribution in [0.25, 0.3) is 0 Å². The molecule has 2 rings (SSSR count). The molecular formula is C14H20BrFN2. The first-order valence-corrected chi connectivity index (χ1v) is 7.09. The molecule has 1 saturated heterocycles. The molecule has 1 aliphatic rings. The van der Waals surface area contributed by atoms with E-state index in [-0.39, 0.29) is 11.4 Å². The number of nitrogens with one attached hydrogen (secondary N) is 1. The maximum atomic E-state index is 13.4. The lowest BCUT2D eigenvalue weighted by molar-refractivity contribution is 0.0977. The Labute approximate surface area is 117 Å². The van der Waals surface area contributed by atoms with Gasteiger partial charge in [-0.05, 0) is 44.5 Å². The first-order valence-electron chi connectivity index (χ1n) is 6.30. The Bertz CT molecular complexity index is 414. The molecule has 1 atom stereocenters. The van der Waals surface area contributed by atoms with Crippen molar-refractivity contribution in [2.75, 3.05) is 13.1 Å². The van der Waals surface area contributed by atoms with Crippen molar-refractivity contribution in [1.29, 1.82) is 0 Å². The van der Waals surface area contributed by atoms with Crippen LogP contribution in [-0.2, 0) is 6.54 Å². The SMILES string of the molecule is CC1CNC(C)(C)CN1Cc1cc(F)cc(Br)c1. The topological polar surface area (TPSA) is 15.3 Å². The minimum atomic E-state index is -0.179. The van der Waals surface area contributed by atoms with Crippen LogP contribution in [0.3, 0.4) is 0 Å². The number of hydrogen-bond donors (Lipinski definition) is 1. The summed E-state index contributed by atoms with van der Waals surface area (Å²) in [5.74, 6) is -0.179. The summed E-state index contributed by atoms with van der Waals surface area (Å²) in [7, 11) is 0. The third-order valence-corrected chi connectivity index (χ3v) is 3.86. The summed E-state index contributed by atoms with van der Waals surface area (Å²) >= 11 is 3.34. The second-order valence-electron chi connectivity index (χ2n) is 5.80. The quantitative estimate of drug-likeness (QED) is 0.902. The van der Waals surface area contributed by atoms with E-state index in [1.807, 2.05) is 6.07 Å². The monoisotopic (exact) mass is 314 g/mol. The molecule has 1 fully saturated rings. The fraction of sp³-hybridized carbons (Fsp3) is 0.571. The molecule has 0 aliphatic carbocycles. The molecule has 2 nitrogen and oxygen atoms in total. The lowest BCUT2D eigenvalue weighted by Crippen LogP contribution is -2.60. The number of hydrogen-bond acceptors (Lipinski definition) is 2. The molecule has 0 bridgehead atoms.